The molecule has 0 nitrogen and oxygen atoms in total. The summed E-state index contributed by atoms with van der Waals surface area (Å²) in [5.74, 6) is 0. The van der Waals surface area contributed by atoms with Crippen LogP contribution in [0, 0.1) is 0 Å². The number of hydrogen-bond donors (Lipinski definition) is 0. The summed E-state index contributed by atoms with van der Waals surface area (Å²) in [6, 6.07) is 13.7. The van der Waals surface area contributed by atoms with Crippen LogP contribution in [0.25, 0.3) is 0 Å². The van der Waals surface area contributed by atoms with Gasteiger partial charge in [0.15, 0.2) is 0 Å². The van der Waals surface area contributed by atoms with Gasteiger partial charge in [-0.2, -0.15) is 0 Å². The summed E-state index contributed by atoms with van der Waals surface area (Å²) >= 11 is 0. The topological polar surface area (TPSA) is 0 Å². The van der Waals surface area contributed by atoms with Gasteiger partial charge in [0, 0.05) is 8.07 Å². The van der Waals surface area contributed by atoms with Crippen molar-refractivity contribution in [3.63, 3.8) is 0 Å². The Labute approximate surface area is 91.6 Å². The summed E-state index contributed by atoms with van der Waals surface area (Å²) in [4.78, 5) is 0. The molecule has 0 aromatic heterocycles. The minimum Gasteiger partial charge on any atom is -0.0695 e. The maximum atomic E-state index is 2.46. The van der Waals surface area contributed by atoms with Gasteiger partial charge < -0.3 is 0 Å². The lowest BCUT2D eigenvalue weighted by molar-refractivity contribution is 1.04. The van der Waals surface area contributed by atoms with Crippen molar-refractivity contribution in [1.82, 2.24) is 0 Å². The van der Waals surface area contributed by atoms with E-state index in [9.17, 15) is 0 Å². The van der Waals surface area contributed by atoms with Gasteiger partial charge in [-0.15, -0.1) is 0 Å². The fourth-order valence-electron chi connectivity index (χ4n) is 1.41. The first-order valence-corrected chi connectivity index (χ1v) is 10.3. The van der Waals surface area contributed by atoms with E-state index in [4.69, 9.17) is 0 Å². The first-order chi connectivity index (χ1) is 6.58. The average molecular weight is 220 g/mol. The van der Waals surface area contributed by atoms with Crippen molar-refractivity contribution in [2.75, 3.05) is 0 Å². The van der Waals surface area contributed by atoms with Gasteiger partial charge in [0.25, 0.3) is 0 Å². The van der Waals surface area contributed by atoms with Crippen molar-refractivity contribution in [2.45, 2.75) is 38.2 Å². The Bertz CT molecular complexity index is 249. The Morgan fingerprint density at radius 1 is 1.07 bits per heavy atom. The average Bonchev–Trinajstić information content (AvgIpc) is 2.13. The van der Waals surface area contributed by atoms with Gasteiger partial charge in [-0.3, -0.25) is 0 Å². The van der Waals surface area contributed by atoms with E-state index in [2.05, 4.69) is 50.0 Å². The van der Waals surface area contributed by atoms with Crippen LogP contribution in [-0.4, -0.2) is 17.6 Å². The van der Waals surface area contributed by atoms with E-state index in [0.717, 1.165) is 9.52 Å². The molecule has 0 aliphatic rings. The molecule has 14 heavy (non-hydrogen) atoms. The molecule has 1 aromatic rings. The van der Waals surface area contributed by atoms with Gasteiger partial charge in [0.2, 0.25) is 0 Å². The molecule has 2 heteroatoms. The van der Waals surface area contributed by atoms with Crippen LogP contribution in [0.4, 0.5) is 0 Å². The maximum Gasteiger partial charge on any atom is 0.0807 e. The van der Waals surface area contributed by atoms with Crippen molar-refractivity contribution in [3.8, 4) is 0 Å². The molecule has 76 valence electrons. The smallest absolute Gasteiger partial charge is 0.0695 e. The molecule has 0 N–H and O–H groups in total. The molecule has 0 aliphatic heterocycles. The van der Waals surface area contributed by atoms with Gasteiger partial charge in [-0.05, 0) is 0 Å². The van der Waals surface area contributed by atoms with Crippen LogP contribution < -0.4 is 5.19 Å². The first kappa shape index (κ1) is 11.7. The van der Waals surface area contributed by atoms with Crippen molar-refractivity contribution < 1.29 is 0 Å². The zero-order valence-electron chi connectivity index (χ0n) is 9.51. The first-order valence-electron chi connectivity index (χ1n) is 5.37. The van der Waals surface area contributed by atoms with Gasteiger partial charge in [-0.25, -0.2) is 0 Å². The molecule has 0 bridgehead atoms. The molecule has 0 atom stereocenters. The predicted molar refractivity (Wildman–Crippen MR) is 69.4 cm³/mol. The maximum absolute atomic E-state index is 2.46. The second-order valence-corrected chi connectivity index (χ2v) is 12.0. The zero-order chi connectivity index (χ0) is 10.4. The fraction of sp³-hybridized carbons (Fsp3) is 0.500. The molecule has 0 heterocycles. The summed E-state index contributed by atoms with van der Waals surface area (Å²) in [5.41, 5.74) is 0. The lowest BCUT2D eigenvalue weighted by Gasteiger charge is -2.14. The van der Waals surface area contributed by atoms with E-state index in [1.165, 1.54) is 23.7 Å². The molecule has 0 fully saturated rings. The highest BCUT2D eigenvalue weighted by Gasteiger charge is 2.11. The summed E-state index contributed by atoms with van der Waals surface area (Å²) in [5, 5.41) is 1.52. The third-order valence-corrected chi connectivity index (χ3v) is 5.41. The highest BCUT2D eigenvalue weighted by atomic mass is 28.3. The van der Waals surface area contributed by atoms with Crippen LogP contribution in [0.2, 0.25) is 31.7 Å². The molecule has 0 spiro atoms. The molecule has 0 unspecified atom stereocenters. The molecule has 1 aromatic carbocycles. The third-order valence-electron chi connectivity index (χ3n) is 2.21. The van der Waals surface area contributed by atoms with Gasteiger partial charge in [0.05, 0.1) is 9.52 Å². The zero-order valence-corrected chi connectivity index (χ0v) is 11.5. The number of rotatable bonds is 5. The minimum absolute atomic E-state index is 0.791. The van der Waals surface area contributed by atoms with E-state index < -0.39 is 8.07 Å². The Balaban J connectivity index is 2.17. The molecule has 0 saturated heterocycles. The Morgan fingerprint density at radius 3 is 2.29 bits per heavy atom. The molecule has 2 radical (unpaired) electrons. The fourth-order valence-corrected chi connectivity index (χ4v) is 4.07. The van der Waals surface area contributed by atoms with Gasteiger partial charge in [-0.1, -0.05) is 73.7 Å². The van der Waals surface area contributed by atoms with Gasteiger partial charge in [0.1, 0.15) is 0 Å². The predicted octanol–water partition coefficient (Wildman–Crippen LogP) is 3.16. The van der Waals surface area contributed by atoms with Crippen LogP contribution in [0.5, 0.6) is 0 Å². The van der Waals surface area contributed by atoms with Crippen LogP contribution in [0.15, 0.2) is 30.3 Å². The summed E-state index contributed by atoms with van der Waals surface area (Å²) in [7, 11) is 0.222. The monoisotopic (exact) mass is 220 g/mol. The Morgan fingerprint density at radius 2 is 1.71 bits per heavy atom. The summed E-state index contributed by atoms with van der Waals surface area (Å²) < 4.78 is 0. The largest absolute Gasteiger partial charge is 0.0807 e. The van der Waals surface area contributed by atoms with Gasteiger partial charge >= 0.3 is 0 Å². The van der Waals surface area contributed by atoms with Crippen molar-refractivity contribution in [3.05, 3.63) is 30.3 Å². The van der Waals surface area contributed by atoms with Crippen LogP contribution in [-0.2, 0) is 0 Å². The molecule has 1 rings (SSSR count). The quantitative estimate of drug-likeness (QED) is 0.528. The molecule has 0 amide bonds. The second-order valence-electron chi connectivity index (χ2n) is 4.96. The van der Waals surface area contributed by atoms with Crippen molar-refractivity contribution in [2.24, 2.45) is 0 Å². The van der Waals surface area contributed by atoms with E-state index in [1.807, 2.05) is 0 Å². The van der Waals surface area contributed by atoms with E-state index in [-0.39, 0.29) is 0 Å². The highest BCUT2D eigenvalue weighted by Crippen LogP contribution is 2.12. The Kier molecular flexibility index (Phi) is 4.62. The Hall–Kier alpha value is -0.346. The van der Waals surface area contributed by atoms with Crippen molar-refractivity contribution in [1.29, 1.82) is 0 Å². The molecule has 0 saturated carbocycles. The second kappa shape index (κ2) is 5.51. The SMILES string of the molecule is C[Si](C)(C)CCC[Si]c1ccccc1. The van der Waals surface area contributed by atoms with E-state index in [0.29, 0.717) is 0 Å². The normalized spacial score (nSPS) is 11.6. The van der Waals surface area contributed by atoms with Crippen LogP contribution in [0.3, 0.4) is 0 Å². The standard InChI is InChI=1S/C12H20Si2/c1-14(2,3)11-7-10-13-12-8-5-4-6-9-12/h4-6,8-9H,7,10-11H2,1-3H3. The summed E-state index contributed by atoms with van der Waals surface area (Å²) in [6.45, 7) is 7.37. The number of hydrogen-bond acceptors (Lipinski definition) is 0. The molecular formula is C12H20Si2. The minimum atomic E-state index is -0.791. The molecular weight excluding hydrogens is 200 g/mol. The van der Waals surface area contributed by atoms with E-state index in [1.54, 1.807) is 0 Å². The highest BCUT2D eigenvalue weighted by molar-refractivity contribution is 6.76. The van der Waals surface area contributed by atoms with Crippen molar-refractivity contribution >= 4 is 22.8 Å². The van der Waals surface area contributed by atoms with E-state index >= 15 is 0 Å². The van der Waals surface area contributed by atoms with Crippen LogP contribution in [0.1, 0.15) is 6.42 Å². The number of benzene rings is 1. The molecule has 0 aliphatic carbocycles. The third kappa shape index (κ3) is 5.40. The van der Waals surface area contributed by atoms with Crippen LogP contribution >= 0.6 is 0 Å². The lowest BCUT2D eigenvalue weighted by atomic mass is 10.4. The lowest BCUT2D eigenvalue weighted by Crippen LogP contribution is -2.20. The summed E-state index contributed by atoms with van der Waals surface area (Å²) in [6.07, 6.45) is 1.42.